The molecule has 1 aliphatic carbocycles. The average molecular weight is 286 g/mol. The minimum Gasteiger partial charge on any atom is -0.382 e. The molecular formula is C18H26N2O. The fraction of sp³-hybridized carbons (Fsp3) is 0.611. The molecule has 1 aromatic rings. The number of amides is 1. The van der Waals surface area contributed by atoms with E-state index in [0.717, 1.165) is 24.3 Å². The van der Waals surface area contributed by atoms with Gasteiger partial charge in [0.1, 0.15) is 0 Å². The van der Waals surface area contributed by atoms with Crippen molar-refractivity contribution in [3.63, 3.8) is 0 Å². The van der Waals surface area contributed by atoms with Gasteiger partial charge in [-0.05, 0) is 48.8 Å². The number of carbonyl (C=O) groups is 1. The van der Waals surface area contributed by atoms with Gasteiger partial charge in [0.15, 0.2) is 0 Å². The largest absolute Gasteiger partial charge is 0.382 e. The molecule has 1 aliphatic heterocycles. The summed E-state index contributed by atoms with van der Waals surface area (Å²) >= 11 is 0. The number of hydrogen-bond donors (Lipinski definition) is 1. The first kappa shape index (κ1) is 14.4. The summed E-state index contributed by atoms with van der Waals surface area (Å²) in [6.07, 6.45) is 4.14. The fourth-order valence-electron chi connectivity index (χ4n) is 3.99. The maximum atomic E-state index is 11.9. The average Bonchev–Trinajstić information content (AvgIpc) is 2.93. The smallest absolute Gasteiger partial charge is 0.227 e. The van der Waals surface area contributed by atoms with Gasteiger partial charge in [0.05, 0.1) is 0 Å². The van der Waals surface area contributed by atoms with E-state index in [-0.39, 0.29) is 5.91 Å². The molecule has 1 saturated heterocycles. The first-order valence-electron chi connectivity index (χ1n) is 8.12. The van der Waals surface area contributed by atoms with E-state index in [4.69, 9.17) is 0 Å². The van der Waals surface area contributed by atoms with Crippen molar-refractivity contribution in [1.29, 1.82) is 0 Å². The number of nitrogens with one attached hydrogen (secondary N) is 1. The zero-order valence-corrected chi connectivity index (χ0v) is 13.4. The molecule has 114 valence electrons. The van der Waals surface area contributed by atoms with Crippen molar-refractivity contribution >= 4 is 17.3 Å². The molecule has 2 aliphatic rings. The molecule has 1 amide bonds. The van der Waals surface area contributed by atoms with Gasteiger partial charge in [-0.15, -0.1) is 0 Å². The van der Waals surface area contributed by atoms with Crippen LogP contribution in [0.5, 0.6) is 0 Å². The number of rotatable bonds is 3. The van der Waals surface area contributed by atoms with Crippen molar-refractivity contribution in [3.05, 3.63) is 24.3 Å². The quantitative estimate of drug-likeness (QED) is 0.909. The van der Waals surface area contributed by atoms with E-state index in [0.29, 0.717) is 23.8 Å². The number of carbonyl (C=O) groups excluding carboxylic acids is 1. The summed E-state index contributed by atoms with van der Waals surface area (Å²) in [6.45, 7) is 7.89. The Balaban J connectivity index is 1.73. The summed E-state index contributed by atoms with van der Waals surface area (Å²) < 4.78 is 0. The summed E-state index contributed by atoms with van der Waals surface area (Å²) in [6, 6.07) is 8.86. The molecule has 0 radical (unpaired) electrons. The summed E-state index contributed by atoms with van der Waals surface area (Å²) in [5.74, 6) is 0.944. The van der Waals surface area contributed by atoms with Crippen LogP contribution in [-0.2, 0) is 4.79 Å². The van der Waals surface area contributed by atoms with Crippen LogP contribution in [0.15, 0.2) is 24.3 Å². The van der Waals surface area contributed by atoms with Crippen LogP contribution in [0, 0.1) is 11.3 Å². The molecule has 1 N–H and O–H groups in total. The van der Waals surface area contributed by atoms with Gasteiger partial charge in [0.25, 0.3) is 0 Å². The third kappa shape index (κ3) is 3.07. The number of hydrogen-bond acceptors (Lipinski definition) is 2. The van der Waals surface area contributed by atoms with Gasteiger partial charge in [-0.2, -0.15) is 0 Å². The van der Waals surface area contributed by atoms with Crippen molar-refractivity contribution in [1.82, 2.24) is 0 Å². The normalized spacial score (nSPS) is 28.1. The zero-order valence-electron chi connectivity index (χ0n) is 13.4. The standard InChI is InChI=1S/C18H26N2O/c1-13-11-18(2,3)12-16(13)19-14-6-4-7-15(10-14)20-9-5-8-17(20)21/h4,6-7,10,13,16,19H,5,8-9,11-12H2,1-3H3. The highest BCUT2D eigenvalue weighted by Gasteiger charge is 2.36. The molecule has 0 bridgehead atoms. The summed E-state index contributed by atoms with van der Waals surface area (Å²) in [7, 11) is 0. The second kappa shape index (κ2) is 5.36. The predicted molar refractivity (Wildman–Crippen MR) is 87.6 cm³/mol. The van der Waals surface area contributed by atoms with Crippen molar-refractivity contribution in [2.45, 2.75) is 52.5 Å². The van der Waals surface area contributed by atoms with Crippen molar-refractivity contribution in [2.75, 3.05) is 16.8 Å². The Bertz CT molecular complexity index is 538. The Morgan fingerprint density at radius 2 is 2.10 bits per heavy atom. The van der Waals surface area contributed by atoms with Crippen LogP contribution in [0.2, 0.25) is 0 Å². The molecule has 21 heavy (non-hydrogen) atoms. The van der Waals surface area contributed by atoms with Gasteiger partial charge in [0.2, 0.25) is 5.91 Å². The minimum absolute atomic E-state index is 0.252. The molecule has 3 rings (SSSR count). The van der Waals surface area contributed by atoms with Crippen LogP contribution in [0.1, 0.15) is 46.5 Å². The van der Waals surface area contributed by atoms with Crippen LogP contribution in [0.25, 0.3) is 0 Å². The summed E-state index contributed by atoms with van der Waals surface area (Å²) in [4.78, 5) is 13.8. The van der Waals surface area contributed by atoms with E-state index in [1.54, 1.807) is 0 Å². The van der Waals surface area contributed by atoms with Crippen molar-refractivity contribution in [2.24, 2.45) is 11.3 Å². The van der Waals surface area contributed by atoms with Crippen LogP contribution < -0.4 is 10.2 Å². The van der Waals surface area contributed by atoms with Gasteiger partial charge in [0, 0.05) is 30.4 Å². The SMILES string of the molecule is CC1CC(C)(C)CC1Nc1cccc(N2CCCC2=O)c1. The van der Waals surface area contributed by atoms with E-state index >= 15 is 0 Å². The third-order valence-electron chi connectivity index (χ3n) is 4.92. The number of nitrogens with zero attached hydrogens (tertiary/aromatic N) is 1. The molecular weight excluding hydrogens is 260 g/mol. The topological polar surface area (TPSA) is 32.3 Å². The molecule has 1 heterocycles. The Kier molecular flexibility index (Phi) is 3.68. The lowest BCUT2D eigenvalue weighted by atomic mass is 9.91. The molecule has 0 spiro atoms. The Morgan fingerprint density at radius 3 is 2.71 bits per heavy atom. The molecule has 2 atom stereocenters. The Morgan fingerprint density at radius 1 is 1.29 bits per heavy atom. The second-order valence-corrected chi connectivity index (χ2v) is 7.50. The van der Waals surface area contributed by atoms with E-state index in [1.165, 1.54) is 12.8 Å². The predicted octanol–water partition coefficient (Wildman–Crippen LogP) is 4.05. The van der Waals surface area contributed by atoms with Gasteiger partial charge >= 0.3 is 0 Å². The first-order chi connectivity index (χ1) is 9.94. The summed E-state index contributed by atoms with van der Waals surface area (Å²) in [5, 5.41) is 3.69. The van der Waals surface area contributed by atoms with Crippen LogP contribution in [0.3, 0.4) is 0 Å². The van der Waals surface area contributed by atoms with E-state index in [9.17, 15) is 4.79 Å². The second-order valence-electron chi connectivity index (χ2n) is 7.50. The van der Waals surface area contributed by atoms with Gasteiger partial charge in [-0.3, -0.25) is 4.79 Å². The van der Waals surface area contributed by atoms with E-state index < -0.39 is 0 Å². The van der Waals surface area contributed by atoms with Crippen LogP contribution in [0.4, 0.5) is 11.4 Å². The highest BCUT2D eigenvalue weighted by Crippen LogP contribution is 2.42. The van der Waals surface area contributed by atoms with Gasteiger partial charge in [-0.1, -0.05) is 26.8 Å². The lowest BCUT2D eigenvalue weighted by Gasteiger charge is -2.22. The Labute approximate surface area is 127 Å². The van der Waals surface area contributed by atoms with Gasteiger partial charge < -0.3 is 10.2 Å². The number of benzene rings is 1. The molecule has 2 fully saturated rings. The van der Waals surface area contributed by atoms with Crippen molar-refractivity contribution in [3.8, 4) is 0 Å². The van der Waals surface area contributed by atoms with Crippen LogP contribution in [-0.4, -0.2) is 18.5 Å². The maximum Gasteiger partial charge on any atom is 0.227 e. The van der Waals surface area contributed by atoms with Crippen LogP contribution >= 0.6 is 0 Å². The molecule has 3 heteroatoms. The lowest BCUT2D eigenvalue weighted by molar-refractivity contribution is -0.117. The van der Waals surface area contributed by atoms with Gasteiger partial charge in [-0.25, -0.2) is 0 Å². The highest BCUT2D eigenvalue weighted by atomic mass is 16.2. The number of anilines is 2. The van der Waals surface area contributed by atoms with Crippen molar-refractivity contribution < 1.29 is 4.79 Å². The molecule has 3 nitrogen and oxygen atoms in total. The Hall–Kier alpha value is -1.51. The maximum absolute atomic E-state index is 11.9. The monoisotopic (exact) mass is 286 g/mol. The first-order valence-corrected chi connectivity index (χ1v) is 8.12. The fourth-order valence-corrected chi connectivity index (χ4v) is 3.99. The molecule has 0 aromatic heterocycles. The zero-order chi connectivity index (χ0) is 15.0. The molecule has 1 aromatic carbocycles. The minimum atomic E-state index is 0.252. The third-order valence-corrected chi connectivity index (χ3v) is 4.92. The van der Waals surface area contributed by atoms with E-state index in [1.807, 2.05) is 17.0 Å². The summed E-state index contributed by atoms with van der Waals surface area (Å²) in [5.41, 5.74) is 2.61. The highest BCUT2D eigenvalue weighted by molar-refractivity contribution is 5.95. The molecule has 2 unspecified atom stereocenters. The van der Waals surface area contributed by atoms with E-state index in [2.05, 4.69) is 38.2 Å². The molecule has 1 saturated carbocycles. The lowest BCUT2D eigenvalue weighted by Crippen LogP contribution is -2.25.